The maximum Gasteiger partial charge on any atom is 0.335 e. The third kappa shape index (κ3) is 5.57. The van der Waals surface area contributed by atoms with E-state index in [4.69, 9.17) is 44.1 Å². The topological polar surface area (TPSA) is 75.8 Å². The van der Waals surface area contributed by atoms with Gasteiger partial charge < -0.3 is 19.3 Å². The molecular formula is C29H24Cl3FN2O4. The Balaban J connectivity index is 1.31. The Morgan fingerprint density at radius 3 is 2.46 bits per heavy atom. The Kier molecular flexibility index (Phi) is 7.76. The molecular weight excluding hydrogens is 566 g/mol. The number of carboxylic acid groups (broad SMARTS) is 1. The van der Waals surface area contributed by atoms with Crippen molar-refractivity contribution in [1.29, 1.82) is 0 Å². The van der Waals surface area contributed by atoms with Crippen LogP contribution in [0.4, 0.5) is 10.1 Å². The van der Waals surface area contributed by atoms with Crippen molar-refractivity contribution < 1.29 is 23.6 Å². The van der Waals surface area contributed by atoms with E-state index in [2.05, 4.69) is 10.1 Å². The van der Waals surface area contributed by atoms with Gasteiger partial charge in [-0.1, -0.05) is 59.9 Å². The average Bonchev–Trinajstić information content (AvgIpc) is 3.26. The lowest BCUT2D eigenvalue weighted by atomic mass is 9.89. The fourth-order valence-corrected chi connectivity index (χ4v) is 5.55. The molecule has 6 nitrogen and oxygen atoms in total. The third-order valence-electron chi connectivity index (χ3n) is 6.71. The van der Waals surface area contributed by atoms with E-state index in [1.54, 1.807) is 24.3 Å². The number of halogens is 4. The van der Waals surface area contributed by atoms with Crippen LogP contribution in [0.3, 0.4) is 0 Å². The molecule has 1 aliphatic heterocycles. The zero-order chi connectivity index (χ0) is 27.8. The minimum absolute atomic E-state index is 0.00361. The van der Waals surface area contributed by atoms with Crippen molar-refractivity contribution in [1.82, 2.24) is 5.16 Å². The Morgan fingerprint density at radius 1 is 1.10 bits per heavy atom. The molecule has 1 saturated heterocycles. The molecule has 0 amide bonds. The van der Waals surface area contributed by atoms with E-state index in [9.17, 15) is 14.3 Å². The molecule has 1 fully saturated rings. The highest BCUT2D eigenvalue weighted by Gasteiger charge is 2.31. The maximum atomic E-state index is 13.9. The molecule has 202 valence electrons. The summed E-state index contributed by atoms with van der Waals surface area (Å²) in [6, 6.07) is 14.6. The predicted octanol–water partition coefficient (Wildman–Crippen LogP) is 8.45. The summed E-state index contributed by atoms with van der Waals surface area (Å²) in [5, 5.41) is 14.9. The van der Waals surface area contributed by atoms with Crippen molar-refractivity contribution in [2.24, 2.45) is 0 Å². The second kappa shape index (κ2) is 11.1. The summed E-state index contributed by atoms with van der Waals surface area (Å²) in [7, 11) is 0. The Bertz CT molecular complexity index is 1530. The number of anilines is 1. The molecule has 0 unspecified atom stereocenters. The van der Waals surface area contributed by atoms with Crippen molar-refractivity contribution in [3.8, 4) is 17.0 Å². The van der Waals surface area contributed by atoms with Gasteiger partial charge in [-0.15, -0.1) is 0 Å². The first-order chi connectivity index (χ1) is 18.6. The first-order valence-corrected chi connectivity index (χ1v) is 13.4. The molecule has 5 rings (SSSR count). The predicted molar refractivity (Wildman–Crippen MR) is 150 cm³/mol. The Morgan fingerprint density at radius 2 is 1.82 bits per heavy atom. The maximum absolute atomic E-state index is 13.9. The normalized spacial score (nSPS) is 13.6. The van der Waals surface area contributed by atoms with Gasteiger partial charge in [-0.05, 0) is 48.0 Å². The van der Waals surface area contributed by atoms with Gasteiger partial charge in [0.1, 0.15) is 29.6 Å². The molecule has 0 atom stereocenters. The molecule has 1 aliphatic rings. The summed E-state index contributed by atoms with van der Waals surface area (Å²) in [5.74, 6) is -0.413. The zero-order valence-electron chi connectivity index (χ0n) is 21.1. The molecule has 2 heterocycles. The van der Waals surface area contributed by atoms with Gasteiger partial charge >= 0.3 is 5.97 Å². The molecule has 3 aromatic carbocycles. The fraction of sp³-hybridized carbons (Fsp3) is 0.241. The van der Waals surface area contributed by atoms with Crippen molar-refractivity contribution >= 4 is 46.5 Å². The van der Waals surface area contributed by atoms with Crippen LogP contribution in [-0.4, -0.2) is 29.3 Å². The molecule has 39 heavy (non-hydrogen) atoms. The van der Waals surface area contributed by atoms with Gasteiger partial charge in [-0.2, -0.15) is 0 Å². The SMILES string of the molecule is CC(C)c1onc(-c2c(Cl)cccc2Cl)c1COc1ccc(N2CC(c3cc(F)cc(C(=O)O)c3)C2)c(Cl)c1. The summed E-state index contributed by atoms with van der Waals surface area (Å²) in [6.45, 7) is 5.34. The number of hydrogen-bond donors (Lipinski definition) is 1. The van der Waals surface area contributed by atoms with E-state index in [0.717, 1.165) is 17.3 Å². The summed E-state index contributed by atoms with van der Waals surface area (Å²) in [6.07, 6.45) is 0. The molecule has 4 aromatic rings. The van der Waals surface area contributed by atoms with Gasteiger partial charge in [0.25, 0.3) is 0 Å². The number of carboxylic acids is 1. The highest BCUT2D eigenvalue weighted by Crippen LogP contribution is 2.40. The van der Waals surface area contributed by atoms with Crippen LogP contribution >= 0.6 is 34.8 Å². The van der Waals surface area contributed by atoms with Crippen LogP contribution in [0.15, 0.2) is 59.1 Å². The minimum Gasteiger partial charge on any atom is -0.489 e. The lowest BCUT2D eigenvalue weighted by Gasteiger charge is -2.42. The van der Waals surface area contributed by atoms with E-state index >= 15 is 0 Å². The van der Waals surface area contributed by atoms with Crippen LogP contribution < -0.4 is 9.64 Å². The molecule has 0 bridgehead atoms. The molecule has 0 aliphatic carbocycles. The van der Waals surface area contributed by atoms with E-state index in [1.807, 2.05) is 26.0 Å². The number of rotatable bonds is 8. The summed E-state index contributed by atoms with van der Waals surface area (Å²) < 4.78 is 25.7. The average molecular weight is 590 g/mol. The lowest BCUT2D eigenvalue weighted by molar-refractivity contribution is 0.0696. The quantitative estimate of drug-likeness (QED) is 0.222. The summed E-state index contributed by atoms with van der Waals surface area (Å²) in [5.41, 5.74) is 3.28. The fourth-order valence-electron chi connectivity index (χ4n) is 4.68. The van der Waals surface area contributed by atoms with Gasteiger partial charge in [0.2, 0.25) is 0 Å². The van der Waals surface area contributed by atoms with Crippen molar-refractivity contribution in [2.75, 3.05) is 18.0 Å². The zero-order valence-corrected chi connectivity index (χ0v) is 23.3. The molecule has 0 spiro atoms. The standard InChI is InChI=1S/C29H24Cl3FN2O4/c1-15(2)28-21(27(34-39-28)26-22(30)4-3-5-23(26)31)14-38-20-6-7-25(24(32)11-20)35-12-18(13-35)16-8-17(29(36)37)10-19(33)9-16/h3-11,15,18H,12-14H2,1-2H3,(H,36,37). The van der Waals surface area contributed by atoms with Crippen LogP contribution in [0.2, 0.25) is 15.1 Å². The number of benzene rings is 3. The molecule has 0 radical (unpaired) electrons. The van der Waals surface area contributed by atoms with E-state index in [1.165, 1.54) is 12.1 Å². The van der Waals surface area contributed by atoms with Gasteiger partial charge in [-0.3, -0.25) is 0 Å². The Labute approximate surface area is 239 Å². The van der Waals surface area contributed by atoms with Crippen molar-refractivity contribution in [2.45, 2.75) is 32.3 Å². The molecule has 1 aromatic heterocycles. The molecule has 0 saturated carbocycles. The summed E-state index contributed by atoms with van der Waals surface area (Å²) >= 11 is 19.5. The molecule has 1 N–H and O–H groups in total. The van der Waals surface area contributed by atoms with Gasteiger partial charge in [0, 0.05) is 36.6 Å². The minimum atomic E-state index is -1.15. The second-order valence-electron chi connectivity index (χ2n) is 9.71. The number of hydrogen-bond acceptors (Lipinski definition) is 5. The number of ether oxygens (including phenoxy) is 1. The van der Waals surface area contributed by atoms with Crippen LogP contribution in [0.1, 0.15) is 52.9 Å². The van der Waals surface area contributed by atoms with Crippen LogP contribution in [0.5, 0.6) is 5.75 Å². The van der Waals surface area contributed by atoms with Gasteiger partial charge in [0.15, 0.2) is 0 Å². The largest absolute Gasteiger partial charge is 0.489 e. The van der Waals surface area contributed by atoms with Crippen LogP contribution in [0.25, 0.3) is 11.3 Å². The highest BCUT2D eigenvalue weighted by molar-refractivity contribution is 6.39. The van der Waals surface area contributed by atoms with E-state index < -0.39 is 11.8 Å². The summed E-state index contributed by atoms with van der Waals surface area (Å²) in [4.78, 5) is 13.3. The van der Waals surface area contributed by atoms with Crippen LogP contribution in [-0.2, 0) is 6.61 Å². The Hall–Kier alpha value is -3.26. The number of aromatic carboxylic acids is 1. The molecule has 10 heteroatoms. The number of nitrogens with zero attached hydrogens (tertiary/aromatic N) is 2. The first-order valence-electron chi connectivity index (χ1n) is 12.3. The van der Waals surface area contributed by atoms with E-state index in [-0.39, 0.29) is 24.0 Å². The third-order valence-corrected chi connectivity index (χ3v) is 7.64. The van der Waals surface area contributed by atoms with Gasteiger partial charge in [0.05, 0.1) is 31.9 Å². The van der Waals surface area contributed by atoms with E-state index in [0.29, 0.717) is 56.5 Å². The smallest absolute Gasteiger partial charge is 0.335 e. The second-order valence-corrected chi connectivity index (χ2v) is 10.9. The monoisotopic (exact) mass is 588 g/mol. The lowest BCUT2D eigenvalue weighted by Crippen LogP contribution is -2.45. The number of carbonyl (C=O) groups is 1. The van der Waals surface area contributed by atoms with Crippen LogP contribution in [0, 0.1) is 5.82 Å². The first kappa shape index (κ1) is 27.3. The van der Waals surface area contributed by atoms with Gasteiger partial charge in [-0.25, -0.2) is 9.18 Å². The van der Waals surface area contributed by atoms with Crippen molar-refractivity contribution in [3.63, 3.8) is 0 Å². The number of aromatic nitrogens is 1. The highest BCUT2D eigenvalue weighted by atomic mass is 35.5. The van der Waals surface area contributed by atoms with Crippen molar-refractivity contribution in [3.05, 3.63) is 97.9 Å².